The number of carbonyl (C=O) groups excluding carboxylic acids is 1. The van der Waals surface area contributed by atoms with Crippen LogP contribution in [0.2, 0.25) is 0 Å². The third-order valence-electron chi connectivity index (χ3n) is 3.76. The number of carboxylic acid groups (broad SMARTS) is 1. The van der Waals surface area contributed by atoms with Crippen molar-refractivity contribution in [3.8, 4) is 0 Å². The molecule has 5 nitrogen and oxygen atoms in total. The summed E-state index contributed by atoms with van der Waals surface area (Å²) in [4.78, 5) is 31.2. The predicted octanol–water partition coefficient (Wildman–Crippen LogP) is 3.04. The van der Waals surface area contributed by atoms with Crippen molar-refractivity contribution >= 4 is 22.7 Å². The molecule has 0 radical (unpaired) electrons. The van der Waals surface area contributed by atoms with Crippen LogP contribution in [0.4, 0.5) is 0 Å². The van der Waals surface area contributed by atoms with E-state index in [0.29, 0.717) is 17.0 Å². The molecule has 0 aliphatic rings. The fraction of sp³-hybridized carbons (Fsp3) is 0.167. The van der Waals surface area contributed by atoms with Crippen molar-refractivity contribution in [1.29, 1.82) is 0 Å². The number of hydrogen-bond donors (Lipinski definition) is 2. The van der Waals surface area contributed by atoms with Gasteiger partial charge in [0.05, 0.1) is 12.1 Å². The molecule has 2 N–H and O–H groups in total. The minimum atomic E-state index is -0.974. The summed E-state index contributed by atoms with van der Waals surface area (Å²) in [5.41, 5.74) is 3.83. The monoisotopic (exact) mass is 308 g/mol. The number of aromatic amines is 1. The van der Waals surface area contributed by atoms with E-state index < -0.39 is 5.97 Å². The van der Waals surface area contributed by atoms with Gasteiger partial charge in [-0.3, -0.25) is 14.6 Å². The number of nitrogens with zero attached hydrogens (tertiary/aromatic N) is 1. The number of benzene rings is 1. The minimum absolute atomic E-state index is 0.212. The van der Waals surface area contributed by atoms with Crippen molar-refractivity contribution in [2.75, 3.05) is 0 Å². The van der Waals surface area contributed by atoms with Gasteiger partial charge in [-0.05, 0) is 43.2 Å². The number of nitrogens with one attached hydrogen (secondary N) is 1. The molecule has 0 spiro atoms. The maximum Gasteiger partial charge on any atom is 0.307 e. The normalized spacial score (nSPS) is 10.9. The summed E-state index contributed by atoms with van der Waals surface area (Å²) in [5, 5.41) is 9.94. The van der Waals surface area contributed by atoms with E-state index in [1.165, 1.54) is 0 Å². The topological polar surface area (TPSA) is 83.0 Å². The van der Waals surface area contributed by atoms with Crippen LogP contribution < -0.4 is 0 Å². The Morgan fingerprint density at radius 1 is 1.13 bits per heavy atom. The van der Waals surface area contributed by atoms with Gasteiger partial charge in [0.25, 0.3) is 0 Å². The molecule has 0 atom stereocenters. The average Bonchev–Trinajstić information content (AvgIpc) is 2.83. The number of aryl methyl sites for hydroxylation is 2. The molecular formula is C18H16N2O3. The molecule has 5 heteroatoms. The van der Waals surface area contributed by atoms with Crippen LogP contribution in [-0.2, 0) is 11.2 Å². The number of hydrogen-bond acceptors (Lipinski definition) is 3. The van der Waals surface area contributed by atoms with Crippen LogP contribution in [0.3, 0.4) is 0 Å². The van der Waals surface area contributed by atoms with Gasteiger partial charge in [-0.1, -0.05) is 12.1 Å². The van der Waals surface area contributed by atoms with Crippen molar-refractivity contribution in [2.24, 2.45) is 0 Å². The maximum absolute atomic E-state index is 12.8. The molecule has 0 amide bonds. The van der Waals surface area contributed by atoms with Crippen molar-refractivity contribution in [1.82, 2.24) is 9.97 Å². The Kier molecular flexibility index (Phi) is 3.70. The van der Waals surface area contributed by atoms with Crippen LogP contribution in [0.5, 0.6) is 0 Å². The largest absolute Gasteiger partial charge is 0.481 e. The highest BCUT2D eigenvalue weighted by atomic mass is 16.4. The molecular weight excluding hydrogens is 292 g/mol. The van der Waals surface area contributed by atoms with Crippen molar-refractivity contribution in [2.45, 2.75) is 20.3 Å². The number of aromatic nitrogens is 2. The van der Waals surface area contributed by atoms with Gasteiger partial charge in [0.1, 0.15) is 5.69 Å². The lowest BCUT2D eigenvalue weighted by molar-refractivity contribution is -0.136. The Labute approximate surface area is 133 Å². The van der Waals surface area contributed by atoms with Crippen LogP contribution in [0.15, 0.2) is 36.5 Å². The number of ketones is 1. The Morgan fingerprint density at radius 3 is 2.57 bits per heavy atom. The Hall–Kier alpha value is -2.95. The second-order valence-corrected chi connectivity index (χ2v) is 5.65. The number of H-pyrrole nitrogens is 1. The summed E-state index contributed by atoms with van der Waals surface area (Å²) >= 11 is 0. The summed E-state index contributed by atoms with van der Waals surface area (Å²) in [5.74, 6) is -1.27. The van der Waals surface area contributed by atoms with Gasteiger partial charge in [-0.15, -0.1) is 0 Å². The molecule has 0 saturated heterocycles. The first-order valence-corrected chi connectivity index (χ1v) is 7.26. The molecule has 3 aromatic rings. The van der Waals surface area contributed by atoms with Crippen LogP contribution in [0.1, 0.15) is 32.9 Å². The van der Waals surface area contributed by atoms with E-state index in [-0.39, 0.29) is 12.2 Å². The summed E-state index contributed by atoms with van der Waals surface area (Å²) in [7, 11) is 0. The van der Waals surface area contributed by atoms with E-state index in [1.807, 2.05) is 38.1 Å². The summed E-state index contributed by atoms with van der Waals surface area (Å²) in [6, 6.07) is 9.16. The molecule has 0 saturated carbocycles. The van der Waals surface area contributed by atoms with Gasteiger partial charge in [0, 0.05) is 22.7 Å². The second kappa shape index (κ2) is 5.68. The number of carbonyl (C=O) groups is 2. The first kappa shape index (κ1) is 15.0. The molecule has 0 unspecified atom stereocenters. The summed E-state index contributed by atoms with van der Waals surface area (Å²) in [6.07, 6.45) is 1.36. The second-order valence-electron chi connectivity index (χ2n) is 5.65. The standard InChI is InChI=1S/C18H16N2O3/c1-10-3-4-12-13(9-16(21)22)17(20-14(12)7-10)18(23)15-8-11(2)5-6-19-15/h3-8,20H,9H2,1-2H3,(H,21,22). The van der Waals surface area contributed by atoms with Gasteiger partial charge in [-0.25, -0.2) is 0 Å². The Morgan fingerprint density at radius 2 is 1.87 bits per heavy atom. The zero-order valence-corrected chi connectivity index (χ0v) is 12.9. The molecule has 2 aromatic heterocycles. The van der Waals surface area contributed by atoms with Crippen LogP contribution in [0.25, 0.3) is 10.9 Å². The molecule has 23 heavy (non-hydrogen) atoms. The summed E-state index contributed by atoms with van der Waals surface area (Å²) in [6.45, 7) is 3.83. The quantitative estimate of drug-likeness (QED) is 0.726. The van der Waals surface area contributed by atoms with Crippen LogP contribution in [-0.4, -0.2) is 26.8 Å². The van der Waals surface area contributed by atoms with Crippen molar-refractivity contribution in [3.05, 3.63) is 64.6 Å². The molecule has 3 rings (SSSR count). The minimum Gasteiger partial charge on any atom is -0.481 e. The van der Waals surface area contributed by atoms with Crippen LogP contribution >= 0.6 is 0 Å². The number of rotatable bonds is 4. The first-order valence-electron chi connectivity index (χ1n) is 7.26. The predicted molar refractivity (Wildman–Crippen MR) is 86.8 cm³/mol. The zero-order chi connectivity index (χ0) is 16.6. The third kappa shape index (κ3) is 2.85. The number of carboxylic acids is 1. The molecule has 0 bridgehead atoms. The smallest absolute Gasteiger partial charge is 0.307 e. The Bertz CT molecular complexity index is 925. The highest BCUT2D eigenvalue weighted by Crippen LogP contribution is 2.26. The van der Waals surface area contributed by atoms with Crippen molar-refractivity contribution in [3.63, 3.8) is 0 Å². The fourth-order valence-electron chi connectivity index (χ4n) is 2.69. The van der Waals surface area contributed by atoms with Crippen LogP contribution in [0, 0.1) is 13.8 Å². The van der Waals surface area contributed by atoms with Gasteiger partial charge >= 0.3 is 5.97 Å². The lowest BCUT2D eigenvalue weighted by Crippen LogP contribution is -2.10. The first-order chi connectivity index (χ1) is 11.0. The molecule has 116 valence electrons. The Balaban J connectivity index is 2.19. The van der Waals surface area contributed by atoms with Gasteiger partial charge in [0.15, 0.2) is 0 Å². The van der Waals surface area contributed by atoms with E-state index in [9.17, 15) is 14.7 Å². The van der Waals surface area contributed by atoms with E-state index >= 15 is 0 Å². The fourth-order valence-corrected chi connectivity index (χ4v) is 2.69. The maximum atomic E-state index is 12.8. The van der Waals surface area contributed by atoms with Gasteiger partial charge in [-0.2, -0.15) is 0 Å². The number of fused-ring (bicyclic) bond motifs is 1. The lowest BCUT2D eigenvalue weighted by atomic mass is 10.0. The van der Waals surface area contributed by atoms with E-state index in [2.05, 4.69) is 9.97 Å². The van der Waals surface area contributed by atoms with E-state index in [0.717, 1.165) is 22.0 Å². The molecule has 2 heterocycles. The number of pyridine rings is 1. The van der Waals surface area contributed by atoms with Gasteiger partial charge < -0.3 is 10.1 Å². The van der Waals surface area contributed by atoms with Crippen molar-refractivity contribution < 1.29 is 14.7 Å². The molecule has 0 fully saturated rings. The lowest BCUT2D eigenvalue weighted by Gasteiger charge is -2.03. The van der Waals surface area contributed by atoms with E-state index in [1.54, 1.807) is 12.3 Å². The molecule has 1 aromatic carbocycles. The zero-order valence-electron chi connectivity index (χ0n) is 12.9. The third-order valence-corrected chi connectivity index (χ3v) is 3.76. The molecule has 0 aliphatic heterocycles. The number of aliphatic carboxylic acids is 1. The SMILES string of the molecule is Cc1ccnc(C(=O)c2[nH]c3cc(C)ccc3c2CC(=O)O)c1. The van der Waals surface area contributed by atoms with Gasteiger partial charge in [0.2, 0.25) is 5.78 Å². The van der Waals surface area contributed by atoms with E-state index in [4.69, 9.17) is 0 Å². The highest BCUT2D eigenvalue weighted by molar-refractivity contribution is 6.11. The highest BCUT2D eigenvalue weighted by Gasteiger charge is 2.21. The average molecular weight is 308 g/mol. The molecule has 0 aliphatic carbocycles. The summed E-state index contributed by atoms with van der Waals surface area (Å²) < 4.78 is 0.